The average molecular weight is 328 g/mol. The topological polar surface area (TPSA) is 92.8 Å². The Morgan fingerprint density at radius 1 is 1.25 bits per heavy atom. The number of rotatable bonds is 4. The Morgan fingerprint density at radius 2 is 2.04 bits per heavy atom. The van der Waals surface area contributed by atoms with Crippen LogP contribution in [0.5, 0.6) is 0 Å². The maximum absolute atomic E-state index is 12.8. The molecule has 24 heavy (non-hydrogen) atoms. The van der Waals surface area contributed by atoms with E-state index in [9.17, 15) is 19.2 Å². The smallest absolute Gasteiger partial charge is 0.262 e. The maximum atomic E-state index is 12.8. The van der Waals surface area contributed by atoms with Crippen LogP contribution in [0.1, 0.15) is 46.0 Å². The summed E-state index contributed by atoms with van der Waals surface area (Å²) in [6, 6.07) is 3.97. The van der Waals surface area contributed by atoms with E-state index in [1.165, 1.54) is 6.26 Å². The summed E-state index contributed by atoms with van der Waals surface area (Å²) in [6.45, 7) is 2.32. The van der Waals surface area contributed by atoms with E-state index in [2.05, 4.69) is 5.32 Å². The molecule has 0 aromatic heterocycles. The third-order valence-corrected chi connectivity index (χ3v) is 4.01. The second-order valence-electron chi connectivity index (χ2n) is 5.48. The number of ether oxygens (including phenoxy) is 1. The van der Waals surface area contributed by atoms with Crippen molar-refractivity contribution in [2.45, 2.75) is 25.8 Å². The second kappa shape index (κ2) is 6.27. The lowest BCUT2D eigenvalue weighted by molar-refractivity contribution is -0.136. The Morgan fingerprint density at radius 3 is 2.75 bits per heavy atom. The summed E-state index contributed by atoms with van der Waals surface area (Å²) in [6.07, 6.45) is 3.31. The monoisotopic (exact) mass is 328 g/mol. The van der Waals surface area contributed by atoms with E-state index in [0.29, 0.717) is 12.2 Å². The molecule has 2 aliphatic rings. The molecule has 1 fully saturated rings. The molecule has 124 valence electrons. The number of benzene rings is 1. The quantitative estimate of drug-likeness (QED) is 0.660. The zero-order valence-electron chi connectivity index (χ0n) is 13.1. The van der Waals surface area contributed by atoms with Crippen LogP contribution in [0.2, 0.25) is 0 Å². The van der Waals surface area contributed by atoms with Gasteiger partial charge in [-0.2, -0.15) is 0 Å². The first-order valence-electron chi connectivity index (χ1n) is 7.67. The minimum atomic E-state index is -0.959. The van der Waals surface area contributed by atoms with Gasteiger partial charge in [0.2, 0.25) is 11.8 Å². The average Bonchev–Trinajstić information content (AvgIpc) is 2.81. The van der Waals surface area contributed by atoms with E-state index in [1.54, 1.807) is 24.3 Å². The van der Waals surface area contributed by atoms with Crippen molar-refractivity contribution in [1.29, 1.82) is 0 Å². The summed E-state index contributed by atoms with van der Waals surface area (Å²) in [5.74, 6) is -2.06. The van der Waals surface area contributed by atoms with Gasteiger partial charge in [0.15, 0.2) is 0 Å². The molecule has 7 heteroatoms. The fourth-order valence-electron chi connectivity index (χ4n) is 2.90. The Labute approximate surface area is 138 Å². The number of piperidine rings is 1. The number of nitrogens with one attached hydrogen (secondary N) is 1. The van der Waals surface area contributed by atoms with Crippen molar-refractivity contribution in [3.05, 3.63) is 41.2 Å². The molecular weight excluding hydrogens is 312 g/mol. The molecule has 1 saturated heterocycles. The molecule has 1 atom stereocenters. The number of nitrogens with zero attached hydrogens (tertiary/aromatic N) is 1. The highest BCUT2D eigenvalue weighted by Crippen LogP contribution is 2.30. The molecule has 2 heterocycles. The summed E-state index contributed by atoms with van der Waals surface area (Å²) < 4.78 is 5.14. The van der Waals surface area contributed by atoms with Crippen LogP contribution in [0, 0.1) is 0 Å². The first-order chi connectivity index (χ1) is 11.5. The van der Waals surface area contributed by atoms with Crippen LogP contribution in [0.15, 0.2) is 24.5 Å². The molecule has 1 unspecified atom stereocenters. The number of hydrogen-bond acceptors (Lipinski definition) is 5. The molecule has 7 nitrogen and oxygen atoms in total. The van der Waals surface area contributed by atoms with Gasteiger partial charge in [0.25, 0.3) is 11.8 Å². The van der Waals surface area contributed by atoms with Gasteiger partial charge in [0.1, 0.15) is 6.04 Å². The molecule has 0 aliphatic carbocycles. The van der Waals surface area contributed by atoms with Crippen molar-refractivity contribution in [3.8, 4) is 0 Å². The molecule has 4 amide bonds. The molecular formula is C17H16N2O5. The number of hydrogen-bond donors (Lipinski definition) is 1. The summed E-state index contributed by atoms with van der Waals surface area (Å²) >= 11 is 0. The van der Waals surface area contributed by atoms with Crippen molar-refractivity contribution in [1.82, 2.24) is 10.2 Å². The lowest BCUT2D eigenvalue weighted by atomic mass is 10.0. The number of carbonyl (C=O) groups is 4. The van der Waals surface area contributed by atoms with Crippen LogP contribution in [0.25, 0.3) is 6.08 Å². The van der Waals surface area contributed by atoms with Crippen LogP contribution >= 0.6 is 0 Å². The molecule has 0 saturated carbocycles. The number of fused-ring (bicyclic) bond motifs is 1. The third-order valence-electron chi connectivity index (χ3n) is 4.01. The minimum absolute atomic E-state index is 0.0981. The van der Waals surface area contributed by atoms with Gasteiger partial charge < -0.3 is 4.74 Å². The van der Waals surface area contributed by atoms with E-state index >= 15 is 0 Å². The first kappa shape index (κ1) is 15.9. The van der Waals surface area contributed by atoms with Crippen LogP contribution < -0.4 is 5.32 Å². The van der Waals surface area contributed by atoms with Crippen LogP contribution in [-0.2, 0) is 14.3 Å². The van der Waals surface area contributed by atoms with Crippen molar-refractivity contribution in [2.24, 2.45) is 0 Å². The number of imide groups is 2. The molecule has 1 aromatic carbocycles. The highest BCUT2D eigenvalue weighted by molar-refractivity contribution is 6.24. The van der Waals surface area contributed by atoms with Gasteiger partial charge in [-0.15, -0.1) is 0 Å². The normalized spacial score (nSPS) is 20.5. The Kier molecular flexibility index (Phi) is 4.16. The number of carbonyl (C=O) groups excluding carboxylic acids is 4. The molecule has 0 bridgehead atoms. The number of amides is 4. The largest absolute Gasteiger partial charge is 0.501 e. The highest BCUT2D eigenvalue weighted by Gasteiger charge is 2.45. The van der Waals surface area contributed by atoms with Crippen LogP contribution in [0.3, 0.4) is 0 Å². The second-order valence-corrected chi connectivity index (χ2v) is 5.48. The predicted octanol–water partition coefficient (Wildman–Crippen LogP) is 1.09. The lowest BCUT2D eigenvalue weighted by Gasteiger charge is -2.27. The van der Waals surface area contributed by atoms with E-state index < -0.39 is 29.7 Å². The van der Waals surface area contributed by atoms with Gasteiger partial charge >= 0.3 is 0 Å². The first-order valence-corrected chi connectivity index (χ1v) is 7.67. The van der Waals surface area contributed by atoms with Gasteiger partial charge in [-0.1, -0.05) is 12.1 Å². The fourth-order valence-corrected chi connectivity index (χ4v) is 2.90. The predicted molar refractivity (Wildman–Crippen MR) is 83.8 cm³/mol. The van der Waals surface area contributed by atoms with E-state index in [4.69, 9.17) is 4.74 Å². The van der Waals surface area contributed by atoms with Crippen molar-refractivity contribution >= 4 is 29.7 Å². The molecule has 0 radical (unpaired) electrons. The van der Waals surface area contributed by atoms with Gasteiger partial charge in [-0.05, 0) is 31.1 Å². The van der Waals surface area contributed by atoms with Crippen molar-refractivity contribution < 1.29 is 23.9 Å². The summed E-state index contributed by atoms with van der Waals surface area (Å²) in [4.78, 5) is 49.6. The van der Waals surface area contributed by atoms with Crippen molar-refractivity contribution in [2.75, 3.05) is 6.61 Å². The Hall–Kier alpha value is -2.96. The zero-order chi connectivity index (χ0) is 17.3. The molecule has 1 aromatic rings. The molecule has 2 aliphatic heterocycles. The lowest BCUT2D eigenvalue weighted by Crippen LogP contribution is -2.54. The van der Waals surface area contributed by atoms with Crippen LogP contribution in [-0.4, -0.2) is 41.2 Å². The van der Waals surface area contributed by atoms with E-state index in [1.807, 2.05) is 6.92 Å². The van der Waals surface area contributed by atoms with Gasteiger partial charge in [0, 0.05) is 6.42 Å². The minimum Gasteiger partial charge on any atom is -0.501 e. The highest BCUT2D eigenvalue weighted by atomic mass is 16.5. The molecule has 1 N–H and O–H groups in total. The van der Waals surface area contributed by atoms with E-state index in [-0.39, 0.29) is 24.0 Å². The Balaban J connectivity index is 1.95. The van der Waals surface area contributed by atoms with Crippen LogP contribution in [0.4, 0.5) is 0 Å². The fraction of sp³-hybridized carbons (Fsp3) is 0.294. The van der Waals surface area contributed by atoms with Gasteiger partial charge in [-0.3, -0.25) is 29.4 Å². The van der Waals surface area contributed by atoms with E-state index in [0.717, 1.165) is 4.90 Å². The summed E-state index contributed by atoms with van der Waals surface area (Å²) in [5.41, 5.74) is 1.06. The Bertz CT molecular complexity index is 768. The summed E-state index contributed by atoms with van der Waals surface area (Å²) in [5, 5.41) is 2.17. The third kappa shape index (κ3) is 2.58. The van der Waals surface area contributed by atoms with Crippen molar-refractivity contribution in [3.63, 3.8) is 0 Å². The zero-order valence-corrected chi connectivity index (χ0v) is 13.1. The summed E-state index contributed by atoms with van der Waals surface area (Å²) in [7, 11) is 0. The van der Waals surface area contributed by atoms with Gasteiger partial charge in [0.05, 0.1) is 24.0 Å². The SMILES string of the molecule is CCO/C=C/c1cccc2c1C(=O)N(C1CCC(=O)NC1=O)C2=O. The van der Waals surface area contributed by atoms with Gasteiger partial charge in [-0.25, -0.2) is 0 Å². The maximum Gasteiger partial charge on any atom is 0.262 e. The molecule has 0 spiro atoms. The standard InChI is InChI=1S/C17H16N2O5/c1-2-24-9-8-10-4-3-5-11-14(10)17(23)19(16(11)22)12-6-7-13(20)18-15(12)21/h3-5,8-9,12H,2,6-7H2,1H3,(H,18,20,21)/b9-8+. The molecule has 3 rings (SSSR count).